The summed E-state index contributed by atoms with van der Waals surface area (Å²) in [6, 6.07) is 13.5. The van der Waals surface area contributed by atoms with Crippen molar-refractivity contribution in [1.29, 1.82) is 0 Å². The highest BCUT2D eigenvalue weighted by Crippen LogP contribution is 2.30. The zero-order chi connectivity index (χ0) is 19.7. The van der Waals surface area contributed by atoms with Crippen LogP contribution in [-0.2, 0) is 16.0 Å². The Balaban J connectivity index is 1.86. The molecule has 0 aliphatic heterocycles. The van der Waals surface area contributed by atoms with Crippen LogP contribution in [-0.4, -0.2) is 18.4 Å². The SMILES string of the molecule is Cc1cc(C(F)(F)F)nc(Oc2ccc(S(=O)(=O)c3ccccc3)cc2)n1. The number of benzene rings is 2. The maximum absolute atomic E-state index is 12.8. The van der Waals surface area contributed by atoms with Crippen LogP contribution in [0, 0.1) is 6.92 Å². The zero-order valence-electron chi connectivity index (χ0n) is 13.9. The number of sulfone groups is 1. The first-order valence-electron chi connectivity index (χ1n) is 7.67. The number of alkyl halides is 3. The van der Waals surface area contributed by atoms with Gasteiger partial charge in [-0.15, -0.1) is 0 Å². The van der Waals surface area contributed by atoms with Crippen LogP contribution in [0.15, 0.2) is 70.5 Å². The average molecular weight is 394 g/mol. The van der Waals surface area contributed by atoms with Crippen LogP contribution in [0.5, 0.6) is 11.8 Å². The number of hydrogen-bond acceptors (Lipinski definition) is 5. The Kier molecular flexibility index (Phi) is 4.88. The van der Waals surface area contributed by atoms with Gasteiger partial charge in [0.2, 0.25) is 9.84 Å². The lowest BCUT2D eigenvalue weighted by Gasteiger charge is -2.10. The quantitative estimate of drug-likeness (QED) is 0.655. The monoisotopic (exact) mass is 394 g/mol. The van der Waals surface area contributed by atoms with E-state index in [1.165, 1.54) is 43.3 Å². The Labute approximate surface area is 153 Å². The topological polar surface area (TPSA) is 69.2 Å². The van der Waals surface area contributed by atoms with Crippen LogP contribution in [0.2, 0.25) is 0 Å². The fourth-order valence-corrected chi connectivity index (χ4v) is 3.54. The number of hydrogen-bond donors (Lipinski definition) is 0. The van der Waals surface area contributed by atoms with E-state index in [9.17, 15) is 21.6 Å². The van der Waals surface area contributed by atoms with Gasteiger partial charge < -0.3 is 4.74 Å². The summed E-state index contributed by atoms with van der Waals surface area (Å²) < 4.78 is 68.7. The van der Waals surface area contributed by atoms with Gasteiger partial charge in [0, 0.05) is 5.69 Å². The molecule has 27 heavy (non-hydrogen) atoms. The summed E-state index contributed by atoms with van der Waals surface area (Å²) in [7, 11) is -3.70. The average Bonchev–Trinajstić information content (AvgIpc) is 2.62. The number of rotatable bonds is 4. The van der Waals surface area contributed by atoms with Crippen molar-refractivity contribution in [3.05, 3.63) is 72.1 Å². The van der Waals surface area contributed by atoms with E-state index in [1.807, 2.05) is 0 Å². The first-order chi connectivity index (χ1) is 12.7. The van der Waals surface area contributed by atoms with Gasteiger partial charge in [0.15, 0.2) is 5.69 Å². The molecule has 0 radical (unpaired) electrons. The molecule has 5 nitrogen and oxygen atoms in total. The van der Waals surface area contributed by atoms with Crippen molar-refractivity contribution in [3.63, 3.8) is 0 Å². The van der Waals surface area contributed by atoms with E-state index in [2.05, 4.69) is 9.97 Å². The second kappa shape index (κ2) is 6.99. The number of nitrogens with zero attached hydrogens (tertiary/aromatic N) is 2. The Morgan fingerprint density at radius 1 is 0.889 bits per heavy atom. The van der Waals surface area contributed by atoms with Crippen LogP contribution >= 0.6 is 0 Å². The summed E-state index contributed by atoms with van der Waals surface area (Å²) in [6.45, 7) is 1.39. The standard InChI is InChI=1S/C18H13F3N2O3S/c1-12-11-16(18(19,20)21)23-17(22-12)26-13-7-9-15(10-8-13)27(24,25)14-5-3-2-4-6-14/h2-11H,1H3. The summed E-state index contributed by atoms with van der Waals surface area (Å²) in [5.74, 6) is 0.112. The van der Waals surface area contributed by atoms with Crippen LogP contribution in [0.1, 0.15) is 11.4 Å². The molecule has 0 atom stereocenters. The second-order valence-electron chi connectivity index (χ2n) is 5.56. The van der Waals surface area contributed by atoms with Crippen LogP contribution in [0.3, 0.4) is 0 Å². The van der Waals surface area contributed by atoms with Crippen LogP contribution in [0.4, 0.5) is 13.2 Å². The van der Waals surface area contributed by atoms with Gasteiger partial charge in [-0.2, -0.15) is 18.2 Å². The van der Waals surface area contributed by atoms with Gasteiger partial charge in [-0.05, 0) is 49.4 Å². The third kappa shape index (κ3) is 4.25. The molecular weight excluding hydrogens is 381 g/mol. The zero-order valence-corrected chi connectivity index (χ0v) is 14.8. The molecule has 0 spiro atoms. The lowest BCUT2D eigenvalue weighted by molar-refractivity contribution is -0.141. The number of halogens is 3. The van der Waals surface area contributed by atoms with E-state index >= 15 is 0 Å². The van der Waals surface area contributed by atoms with Gasteiger partial charge in [0.25, 0.3) is 0 Å². The highest BCUT2D eigenvalue weighted by molar-refractivity contribution is 7.91. The summed E-state index contributed by atoms with van der Waals surface area (Å²) >= 11 is 0. The Hall–Kier alpha value is -2.94. The van der Waals surface area contributed by atoms with Crippen LogP contribution < -0.4 is 4.74 Å². The Morgan fingerprint density at radius 2 is 1.48 bits per heavy atom. The molecule has 1 aromatic heterocycles. The minimum atomic E-state index is -4.63. The minimum Gasteiger partial charge on any atom is -0.424 e. The summed E-state index contributed by atoms with van der Waals surface area (Å²) in [5.41, 5.74) is -1.02. The van der Waals surface area contributed by atoms with E-state index in [0.29, 0.717) is 0 Å². The maximum atomic E-state index is 12.8. The second-order valence-corrected chi connectivity index (χ2v) is 7.51. The molecule has 0 bridgehead atoms. The Bertz CT molecular complexity index is 1050. The number of ether oxygens (including phenoxy) is 1. The molecule has 1 heterocycles. The van der Waals surface area contributed by atoms with Gasteiger partial charge in [-0.3, -0.25) is 0 Å². The van der Waals surface area contributed by atoms with Crippen molar-refractivity contribution in [2.24, 2.45) is 0 Å². The van der Waals surface area contributed by atoms with Gasteiger partial charge in [0.05, 0.1) is 9.79 Å². The van der Waals surface area contributed by atoms with Crippen molar-refractivity contribution < 1.29 is 26.3 Å². The molecule has 0 saturated carbocycles. The third-order valence-corrected chi connectivity index (χ3v) is 5.31. The molecule has 0 amide bonds. The van der Waals surface area contributed by atoms with Crippen molar-refractivity contribution >= 4 is 9.84 Å². The molecule has 0 aliphatic rings. The molecule has 2 aromatic carbocycles. The fraction of sp³-hybridized carbons (Fsp3) is 0.111. The lowest BCUT2D eigenvalue weighted by atomic mass is 10.3. The fourth-order valence-electron chi connectivity index (χ4n) is 2.26. The van der Waals surface area contributed by atoms with Gasteiger partial charge in [0.1, 0.15) is 5.75 Å². The first kappa shape index (κ1) is 18.8. The minimum absolute atomic E-state index is 0.0298. The van der Waals surface area contributed by atoms with E-state index in [-0.39, 0.29) is 21.2 Å². The molecule has 0 N–H and O–H groups in total. The van der Waals surface area contributed by atoms with Crippen molar-refractivity contribution in [2.45, 2.75) is 22.9 Å². The normalized spacial score (nSPS) is 12.0. The van der Waals surface area contributed by atoms with E-state index in [1.54, 1.807) is 18.2 Å². The molecule has 140 valence electrons. The Morgan fingerprint density at radius 3 is 2.07 bits per heavy atom. The molecule has 3 rings (SSSR count). The summed E-state index contributed by atoms with van der Waals surface area (Å²) in [4.78, 5) is 7.32. The van der Waals surface area contributed by atoms with Gasteiger partial charge in [-0.1, -0.05) is 18.2 Å². The molecule has 3 aromatic rings. The van der Waals surface area contributed by atoms with Crippen molar-refractivity contribution in [3.8, 4) is 11.8 Å². The molecular formula is C18H13F3N2O3S. The van der Waals surface area contributed by atoms with E-state index in [4.69, 9.17) is 4.74 Å². The predicted molar refractivity (Wildman–Crippen MR) is 90.2 cm³/mol. The predicted octanol–water partition coefficient (Wildman–Crippen LogP) is 4.43. The van der Waals surface area contributed by atoms with Gasteiger partial charge >= 0.3 is 12.2 Å². The maximum Gasteiger partial charge on any atom is 0.433 e. The molecule has 9 heteroatoms. The van der Waals surface area contributed by atoms with Gasteiger partial charge in [-0.25, -0.2) is 13.4 Å². The lowest BCUT2D eigenvalue weighted by Crippen LogP contribution is -2.10. The molecule has 0 saturated heterocycles. The van der Waals surface area contributed by atoms with Crippen LogP contribution in [0.25, 0.3) is 0 Å². The van der Waals surface area contributed by atoms with Crippen molar-refractivity contribution in [2.75, 3.05) is 0 Å². The highest BCUT2D eigenvalue weighted by atomic mass is 32.2. The smallest absolute Gasteiger partial charge is 0.424 e. The summed E-state index contributed by atoms with van der Waals surface area (Å²) in [6.07, 6.45) is -4.63. The number of aryl methyl sites for hydroxylation is 1. The third-order valence-electron chi connectivity index (χ3n) is 3.52. The molecule has 0 unspecified atom stereocenters. The molecule has 0 fully saturated rings. The largest absolute Gasteiger partial charge is 0.433 e. The first-order valence-corrected chi connectivity index (χ1v) is 9.15. The highest BCUT2D eigenvalue weighted by Gasteiger charge is 2.33. The number of aromatic nitrogens is 2. The molecule has 0 aliphatic carbocycles. The van der Waals surface area contributed by atoms with Crippen molar-refractivity contribution in [1.82, 2.24) is 9.97 Å². The summed E-state index contributed by atoms with van der Waals surface area (Å²) in [5, 5.41) is 0. The van der Waals surface area contributed by atoms with E-state index in [0.717, 1.165) is 6.07 Å². The van der Waals surface area contributed by atoms with E-state index < -0.39 is 27.7 Å².